The Bertz CT molecular complexity index is 569. The van der Waals surface area contributed by atoms with Gasteiger partial charge in [-0.1, -0.05) is 23.7 Å². The van der Waals surface area contributed by atoms with Crippen molar-refractivity contribution in [3.8, 4) is 5.75 Å². The van der Waals surface area contributed by atoms with E-state index < -0.39 is 5.91 Å². The molecule has 1 heterocycles. The summed E-state index contributed by atoms with van der Waals surface area (Å²) >= 11 is 5.89. The first-order valence-electron chi connectivity index (χ1n) is 4.57. The predicted molar refractivity (Wildman–Crippen MR) is 61.8 cm³/mol. The molecule has 4 nitrogen and oxygen atoms in total. The van der Waals surface area contributed by atoms with Crippen LogP contribution in [0.4, 0.5) is 0 Å². The number of halogens is 1. The maximum Gasteiger partial charge on any atom is 0.255 e. The van der Waals surface area contributed by atoms with Crippen molar-refractivity contribution in [3.63, 3.8) is 0 Å². The molecule has 0 bridgehead atoms. The van der Waals surface area contributed by atoms with Crippen molar-refractivity contribution >= 4 is 28.4 Å². The van der Waals surface area contributed by atoms with Crippen molar-refractivity contribution in [2.45, 2.75) is 0 Å². The molecule has 16 heavy (non-hydrogen) atoms. The number of aromatic nitrogens is 1. The first-order chi connectivity index (χ1) is 7.65. The van der Waals surface area contributed by atoms with Gasteiger partial charge >= 0.3 is 0 Å². The highest BCUT2D eigenvalue weighted by Crippen LogP contribution is 2.32. The number of fused-ring (bicyclic) bond motifs is 1. The van der Waals surface area contributed by atoms with Gasteiger partial charge in [-0.05, 0) is 12.1 Å². The van der Waals surface area contributed by atoms with Crippen LogP contribution in [0.15, 0.2) is 24.3 Å². The van der Waals surface area contributed by atoms with Crippen molar-refractivity contribution in [2.75, 3.05) is 7.11 Å². The van der Waals surface area contributed by atoms with Gasteiger partial charge in [0.25, 0.3) is 5.91 Å². The Morgan fingerprint density at radius 3 is 2.75 bits per heavy atom. The Morgan fingerprint density at radius 1 is 1.44 bits per heavy atom. The van der Waals surface area contributed by atoms with Gasteiger partial charge in [0.2, 0.25) is 0 Å². The van der Waals surface area contributed by atoms with Crippen LogP contribution in [0.1, 0.15) is 10.4 Å². The number of benzene rings is 1. The minimum absolute atomic E-state index is 0.0584. The summed E-state index contributed by atoms with van der Waals surface area (Å²) in [5, 5.41) is 0.770. The van der Waals surface area contributed by atoms with Gasteiger partial charge in [0.1, 0.15) is 16.5 Å². The smallest absolute Gasteiger partial charge is 0.255 e. The Balaban J connectivity index is 2.90. The van der Waals surface area contributed by atoms with Crippen LogP contribution in [-0.4, -0.2) is 18.0 Å². The van der Waals surface area contributed by atoms with Gasteiger partial charge in [-0.2, -0.15) is 0 Å². The van der Waals surface area contributed by atoms with Crippen LogP contribution in [0.25, 0.3) is 10.9 Å². The SMILES string of the molecule is COc1c(C(N)=O)c(Cl)nc2ccccc12. The Hall–Kier alpha value is -1.81. The van der Waals surface area contributed by atoms with Crippen LogP contribution in [0.5, 0.6) is 5.75 Å². The minimum Gasteiger partial charge on any atom is -0.495 e. The Labute approximate surface area is 97.0 Å². The molecule has 82 valence electrons. The predicted octanol–water partition coefficient (Wildman–Crippen LogP) is 2.00. The molecule has 5 heteroatoms. The second-order valence-electron chi connectivity index (χ2n) is 3.19. The second kappa shape index (κ2) is 3.98. The Morgan fingerprint density at radius 2 is 2.12 bits per heavy atom. The molecular formula is C11H9ClN2O2. The van der Waals surface area contributed by atoms with E-state index in [2.05, 4.69) is 4.98 Å². The van der Waals surface area contributed by atoms with Crippen LogP contribution in [-0.2, 0) is 0 Å². The molecule has 2 N–H and O–H groups in total. The molecule has 0 saturated heterocycles. The third kappa shape index (κ3) is 1.57. The zero-order chi connectivity index (χ0) is 11.7. The van der Waals surface area contributed by atoms with Crippen LogP contribution in [0.3, 0.4) is 0 Å². The number of primary amides is 1. The number of rotatable bonds is 2. The highest BCUT2D eigenvalue weighted by molar-refractivity contribution is 6.33. The molecule has 1 amide bonds. The van der Waals surface area contributed by atoms with Gasteiger partial charge in [-0.15, -0.1) is 0 Å². The molecule has 0 unspecified atom stereocenters. The average Bonchev–Trinajstić information content (AvgIpc) is 2.26. The standard InChI is InChI=1S/C11H9ClN2O2/c1-16-9-6-4-2-3-5-7(6)14-10(12)8(9)11(13)15/h2-5H,1H3,(H2,13,15). The molecule has 0 spiro atoms. The topological polar surface area (TPSA) is 65.2 Å². The van der Waals surface area contributed by atoms with Crippen molar-refractivity contribution in [3.05, 3.63) is 35.0 Å². The van der Waals surface area contributed by atoms with Crippen molar-refractivity contribution in [1.82, 2.24) is 4.98 Å². The quantitative estimate of drug-likeness (QED) is 0.811. The number of para-hydroxylation sites is 1. The van der Waals surface area contributed by atoms with Crippen LogP contribution < -0.4 is 10.5 Å². The lowest BCUT2D eigenvalue weighted by molar-refractivity contribution is 0.0997. The lowest BCUT2D eigenvalue weighted by atomic mass is 10.1. The monoisotopic (exact) mass is 236 g/mol. The highest BCUT2D eigenvalue weighted by Gasteiger charge is 2.18. The van der Waals surface area contributed by atoms with Crippen molar-refractivity contribution in [2.24, 2.45) is 5.73 Å². The zero-order valence-electron chi connectivity index (χ0n) is 8.53. The molecule has 0 saturated carbocycles. The highest BCUT2D eigenvalue weighted by atomic mass is 35.5. The van der Waals surface area contributed by atoms with Gasteiger partial charge in [0, 0.05) is 5.39 Å². The Kier molecular flexibility index (Phi) is 2.66. The largest absolute Gasteiger partial charge is 0.495 e. The number of nitrogens with zero attached hydrogens (tertiary/aromatic N) is 1. The lowest BCUT2D eigenvalue weighted by Gasteiger charge is -2.10. The molecule has 0 aliphatic heterocycles. The molecule has 0 aliphatic rings. The van der Waals surface area contributed by atoms with Gasteiger partial charge in [-0.3, -0.25) is 4.79 Å². The fourth-order valence-electron chi connectivity index (χ4n) is 1.58. The van der Waals surface area contributed by atoms with E-state index in [0.29, 0.717) is 16.7 Å². The lowest BCUT2D eigenvalue weighted by Crippen LogP contribution is -2.14. The number of methoxy groups -OCH3 is 1. The molecule has 0 atom stereocenters. The minimum atomic E-state index is -0.653. The van der Waals surface area contributed by atoms with Gasteiger partial charge in [-0.25, -0.2) is 4.98 Å². The van der Waals surface area contributed by atoms with E-state index in [1.165, 1.54) is 7.11 Å². The van der Waals surface area contributed by atoms with E-state index in [-0.39, 0.29) is 10.7 Å². The third-order valence-corrected chi connectivity index (χ3v) is 2.52. The number of amides is 1. The van der Waals surface area contributed by atoms with Gasteiger partial charge in [0.15, 0.2) is 0 Å². The van der Waals surface area contributed by atoms with Crippen LogP contribution in [0, 0.1) is 0 Å². The first kappa shape index (κ1) is 10.7. The third-order valence-electron chi connectivity index (χ3n) is 2.25. The number of hydrogen-bond acceptors (Lipinski definition) is 3. The zero-order valence-corrected chi connectivity index (χ0v) is 9.28. The van der Waals surface area contributed by atoms with Crippen molar-refractivity contribution < 1.29 is 9.53 Å². The molecule has 0 radical (unpaired) electrons. The average molecular weight is 237 g/mol. The maximum absolute atomic E-state index is 11.3. The number of ether oxygens (including phenoxy) is 1. The summed E-state index contributed by atoms with van der Waals surface area (Å²) in [7, 11) is 1.46. The van der Waals surface area contributed by atoms with E-state index in [1.807, 2.05) is 12.1 Å². The number of nitrogens with two attached hydrogens (primary N) is 1. The number of carbonyl (C=O) groups excluding carboxylic acids is 1. The normalized spacial score (nSPS) is 10.4. The molecule has 0 fully saturated rings. The van der Waals surface area contributed by atoms with E-state index in [9.17, 15) is 4.79 Å². The number of carbonyl (C=O) groups is 1. The fraction of sp³-hybridized carbons (Fsp3) is 0.0909. The van der Waals surface area contributed by atoms with Crippen LogP contribution >= 0.6 is 11.6 Å². The van der Waals surface area contributed by atoms with Crippen LogP contribution in [0.2, 0.25) is 5.15 Å². The molecule has 2 aromatic rings. The molecule has 1 aromatic carbocycles. The molecule has 2 rings (SSSR count). The fourth-order valence-corrected chi connectivity index (χ4v) is 1.85. The van der Waals surface area contributed by atoms with E-state index in [4.69, 9.17) is 22.1 Å². The molecule has 1 aromatic heterocycles. The summed E-state index contributed by atoms with van der Waals surface area (Å²) in [5.41, 5.74) is 6.01. The van der Waals surface area contributed by atoms with Crippen molar-refractivity contribution in [1.29, 1.82) is 0 Å². The summed E-state index contributed by atoms with van der Waals surface area (Å²) in [6.45, 7) is 0. The maximum atomic E-state index is 11.3. The van der Waals surface area contributed by atoms with E-state index in [1.54, 1.807) is 12.1 Å². The van der Waals surface area contributed by atoms with Gasteiger partial charge < -0.3 is 10.5 Å². The molecular weight excluding hydrogens is 228 g/mol. The van der Waals surface area contributed by atoms with E-state index >= 15 is 0 Å². The summed E-state index contributed by atoms with van der Waals surface area (Å²) in [4.78, 5) is 15.4. The second-order valence-corrected chi connectivity index (χ2v) is 3.55. The summed E-state index contributed by atoms with van der Waals surface area (Å²) in [6.07, 6.45) is 0. The summed E-state index contributed by atoms with van der Waals surface area (Å²) < 4.78 is 5.18. The van der Waals surface area contributed by atoms with Gasteiger partial charge in [0.05, 0.1) is 12.6 Å². The summed E-state index contributed by atoms with van der Waals surface area (Å²) in [6, 6.07) is 7.23. The summed E-state index contributed by atoms with van der Waals surface area (Å²) in [5.74, 6) is -0.289. The molecule has 0 aliphatic carbocycles. The number of hydrogen-bond donors (Lipinski definition) is 1. The first-order valence-corrected chi connectivity index (χ1v) is 4.95. The van der Waals surface area contributed by atoms with E-state index in [0.717, 1.165) is 0 Å². The number of pyridine rings is 1.